The molecule has 0 aromatic heterocycles. The minimum absolute atomic E-state index is 0.200. The maximum atomic E-state index is 13.2. The second kappa shape index (κ2) is 5.05. The molecule has 1 aromatic rings. The molecule has 1 aromatic carbocycles. The fraction of sp³-hybridized carbons (Fsp3) is 0.571. The molecule has 2 rings (SSSR count). The zero-order valence-electron chi connectivity index (χ0n) is 10.6. The molecule has 0 aliphatic carbocycles. The van der Waals surface area contributed by atoms with Crippen LogP contribution in [-0.4, -0.2) is 13.1 Å². The number of hydrogen-bond donors (Lipinski definition) is 1. The first kappa shape index (κ1) is 12.4. The molecule has 1 saturated heterocycles. The number of nitrogens with two attached hydrogens (primary N) is 1. The van der Waals surface area contributed by atoms with E-state index in [9.17, 15) is 4.39 Å². The zero-order valence-corrected chi connectivity index (χ0v) is 10.6. The molecule has 0 spiro atoms. The molecule has 2 nitrogen and oxygen atoms in total. The van der Waals surface area contributed by atoms with Crippen molar-refractivity contribution in [2.75, 3.05) is 18.0 Å². The summed E-state index contributed by atoms with van der Waals surface area (Å²) >= 11 is 0. The van der Waals surface area contributed by atoms with Crippen LogP contribution in [0.1, 0.15) is 25.8 Å². The lowest BCUT2D eigenvalue weighted by atomic mass is 9.95. The van der Waals surface area contributed by atoms with Gasteiger partial charge in [-0.05, 0) is 42.0 Å². The van der Waals surface area contributed by atoms with Gasteiger partial charge in [0.2, 0.25) is 0 Å². The average molecular weight is 236 g/mol. The van der Waals surface area contributed by atoms with Crippen LogP contribution in [0.15, 0.2) is 18.2 Å². The number of halogens is 1. The summed E-state index contributed by atoms with van der Waals surface area (Å²) in [6.45, 7) is 7.05. The van der Waals surface area contributed by atoms with Gasteiger partial charge < -0.3 is 10.6 Å². The van der Waals surface area contributed by atoms with Gasteiger partial charge in [-0.15, -0.1) is 0 Å². The lowest BCUT2D eigenvalue weighted by molar-refractivity contribution is 0.422. The average Bonchev–Trinajstić information content (AvgIpc) is 2.78. The van der Waals surface area contributed by atoms with E-state index < -0.39 is 0 Å². The highest BCUT2D eigenvalue weighted by atomic mass is 19.1. The summed E-state index contributed by atoms with van der Waals surface area (Å²) in [6.07, 6.45) is 1.22. The molecular formula is C14H21FN2. The van der Waals surface area contributed by atoms with Gasteiger partial charge in [0.05, 0.1) is 0 Å². The molecule has 0 saturated carbocycles. The summed E-state index contributed by atoms with van der Waals surface area (Å²) in [6, 6.07) is 4.94. The summed E-state index contributed by atoms with van der Waals surface area (Å²) in [5.41, 5.74) is 7.71. The first-order valence-electron chi connectivity index (χ1n) is 6.35. The number of nitrogens with zero attached hydrogens (tertiary/aromatic N) is 1. The van der Waals surface area contributed by atoms with Gasteiger partial charge in [0.1, 0.15) is 5.82 Å². The summed E-state index contributed by atoms with van der Waals surface area (Å²) in [5.74, 6) is 1.25. The predicted molar refractivity (Wildman–Crippen MR) is 69.4 cm³/mol. The Balaban J connectivity index is 2.18. The van der Waals surface area contributed by atoms with Crippen LogP contribution >= 0.6 is 0 Å². The molecule has 1 aliphatic heterocycles. The van der Waals surface area contributed by atoms with Crippen molar-refractivity contribution < 1.29 is 4.39 Å². The van der Waals surface area contributed by atoms with E-state index in [0.29, 0.717) is 12.5 Å². The highest BCUT2D eigenvalue weighted by molar-refractivity contribution is 5.54. The summed E-state index contributed by atoms with van der Waals surface area (Å²) in [4.78, 5) is 2.34. The molecule has 3 heteroatoms. The second-order valence-electron chi connectivity index (χ2n) is 5.22. The Morgan fingerprint density at radius 3 is 2.82 bits per heavy atom. The predicted octanol–water partition coefficient (Wildman–Crippen LogP) is 2.77. The van der Waals surface area contributed by atoms with Crippen molar-refractivity contribution in [2.45, 2.75) is 26.8 Å². The Labute approximate surface area is 103 Å². The van der Waals surface area contributed by atoms with E-state index in [1.54, 1.807) is 6.07 Å². The van der Waals surface area contributed by atoms with Crippen molar-refractivity contribution in [2.24, 2.45) is 17.6 Å². The van der Waals surface area contributed by atoms with Gasteiger partial charge in [-0.3, -0.25) is 0 Å². The van der Waals surface area contributed by atoms with Crippen molar-refractivity contribution in [1.29, 1.82) is 0 Å². The molecule has 94 valence electrons. The van der Waals surface area contributed by atoms with Gasteiger partial charge >= 0.3 is 0 Å². The van der Waals surface area contributed by atoms with Gasteiger partial charge in [0.15, 0.2) is 0 Å². The van der Waals surface area contributed by atoms with E-state index in [-0.39, 0.29) is 5.82 Å². The summed E-state index contributed by atoms with van der Waals surface area (Å²) in [7, 11) is 0. The number of benzene rings is 1. The minimum Gasteiger partial charge on any atom is -0.371 e. The largest absolute Gasteiger partial charge is 0.371 e. The molecule has 2 N–H and O–H groups in total. The Morgan fingerprint density at radius 1 is 1.47 bits per heavy atom. The number of anilines is 1. The Morgan fingerprint density at radius 2 is 2.24 bits per heavy atom. The highest BCUT2D eigenvalue weighted by Gasteiger charge is 2.26. The topological polar surface area (TPSA) is 29.3 Å². The third-order valence-electron chi connectivity index (χ3n) is 3.77. The van der Waals surface area contributed by atoms with E-state index in [2.05, 4.69) is 18.7 Å². The smallest absolute Gasteiger partial charge is 0.123 e. The molecule has 1 fully saturated rings. The normalized spacial score (nSPS) is 20.3. The molecule has 1 aliphatic rings. The van der Waals surface area contributed by atoms with E-state index in [4.69, 9.17) is 5.73 Å². The highest BCUT2D eigenvalue weighted by Crippen LogP contribution is 2.30. The number of hydrogen-bond acceptors (Lipinski definition) is 2. The Hall–Kier alpha value is -1.09. The van der Waals surface area contributed by atoms with Crippen molar-refractivity contribution in [3.05, 3.63) is 29.6 Å². The zero-order chi connectivity index (χ0) is 12.4. The number of rotatable bonds is 3. The van der Waals surface area contributed by atoms with Crippen LogP contribution < -0.4 is 10.6 Å². The van der Waals surface area contributed by atoms with Gasteiger partial charge in [-0.1, -0.05) is 13.8 Å². The van der Waals surface area contributed by atoms with Crippen LogP contribution in [0.3, 0.4) is 0 Å². The SMILES string of the molecule is CC(C)C1CCN(c2ccc(F)cc2CN)C1. The lowest BCUT2D eigenvalue weighted by Gasteiger charge is -2.22. The Bertz CT molecular complexity index is 390. The van der Waals surface area contributed by atoms with Gasteiger partial charge in [-0.2, -0.15) is 0 Å². The first-order valence-corrected chi connectivity index (χ1v) is 6.35. The van der Waals surface area contributed by atoms with E-state index in [0.717, 1.165) is 30.3 Å². The lowest BCUT2D eigenvalue weighted by Crippen LogP contribution is -2.23. The van der Waals surface area contributed by atoms with Crippen LogP contribution in [0.4, 0.5) is 10.1 Å². The third kappa shape index (κ3) is 2.60. The van der Waals surface area contributed by atoms with Crippen molar-refractivity contribution in [3.63, 3.8) is 0 Å². The molecule has 17 heavy (non-hydrogen) atoms. The minimum atomic E-state index is -0.200. The molecular weight excluding hydrogens is 215 g/mol. The monoisotopic (exact) mass is 236 g/mol. The molecule has 1 heterocycles. The van der Waals surface area contributed by atoms with Gasteiger partial charge in [-0.25, -0.2) is 4.39 Å². The molecule has 0 amide bonds. The fourth-order valence-electron chi connectivity index (χ4n) is 2.58. The van der Waals surface area contributed by atoms with Crippen molar-refractivity contribution in [3.8, 4) is 0 Å². The van der Waals surface area contributed by atoms with Crippen molar-refractivity contribution in [1.82, 2.24) is 0 Å². The fourth-order valence-corrected chi connectivity index (χ4v) is 2.58. The molecule has 0 radical (unpaired) electrons. The van der Waals surface area contributed by atoms with Crippen LogP contribution in [0, 0.1) is 17.7 Å². The van der Waals surface area contributed by atoms with Crippen LogP contribution in [0.2, 0.25) is 0 Å². The third-order valence-corrected chi connectivity index (χ3v) is 3.77. The maximum Gasteiger partial charge on any atom is 0.123 e. The Kier molecular flexibility index (Phi) is 3.67. The molecule has 1 atom stereocenters. The van der Waals surface area contributed by atoms with E-state index in [1.165, 1.54) is 12.5 Å². The maximum absolute atomic E-state index is 13.2. The van der Waals surface area contributed by atoms with E-state index in [1.807, 2.05) is 6.07 Å². The van der Waals surface area contributed by atoms with Gasteiger partial charge in [0, 0.05) is 25.3 Å². The van der Waals surface area contributed by atoms with E-state index >= 15 is 0 Å². The van der Waals surface area contributed by atoms with Crippen molar-refractivity contribution >= 4 is 5.69 Å². The summed E-state index contributed by atoms with van der Waals surface area (Å²) in [5, 5.41) is 0. The standard InChI is InChI=1S/C14H21FN2/c1-10(2)11-5-6-17(9-11)14-4-3-13(15)7-12(14)8-16/h3-4,7,10-11H,5-6,8-9,16H2,1-2H3. The second-order valence-corrected chi connectivity index (χ2v) is 5.22. The first-order chi connectivity index (χ1) is 8.11. The van der Waals surface area contributed by atoms with Gasteiger partial charge in [0.25, 0.3) is 0 Å². The summed E-state index contributed by atoms with van der Waals surface area (Å²) < 4.78 is 13.2. The van der Waals surface area contributed by atoms with Crippen LogP contribution in [0.5, 0.6) is 0 Å². The quantitative estimate of drug-likeness (QED) is 0.874. The molecule has 1 unspecified atom stereocenters. The van der Waals surface area contributed by atoms with Crippen LogP contribution in [-0.2, 0) is 6.54 Å². The molecule has 0 bridgehead atoms. The van der Waals surface area contributed by atoms with Crippen LogP contribution in [0.25, 0.3) is 0 Å².